The van der Waals surface area contributed by atoms with Crippen LogP contribution >= 0.6 is 11.6 Å². The van der Waals surface area contributed by atoms with Gasteiger partial charge in [0.1, 0.15) is 10.7 Å². The van der Waals surface area contributed by atoms with Crippen LogP contribution in [0.4, 0.5) is 23.1 Å². The summed E-state index contributed by atoms with van der Waals surface area (Å²) in [7, 11) is -3.78. The SMILES string of the molecule is Cc1cc(N2CCOCC2)nc(Nc2ccc(NS(=O)(=O)c3ccccc3Cl)cc2)n1. The number of hydrogen-bond acceptors (Lipinski definition) is 7. The van der Waals surface area contributed by atoms with E-state index in [4.69, 9.17) is 16.3 Å². The number of halogens is 1. The average Bonchev–Trinajstić information content (AvgIpc) is 2.75. The first-order valence-corrected chi connectivity index (χ1v) is 11.6. The van der Waals surface area contributed by atoms with E-state index in [0.29, 0.717) is 24.8 Å². The monoisotopic (exact) mass is 459 g/mol. The Balaban J connectivity index is 1.48. The van der Waals surface area contributed by atoms with E-state index in [1.807, 2.05) is 13.0 Å². The molecule has 2 heterocycles. The maximum atomic E-state index is 12.6. The van der Waals surface area contributed by atoms with Crippen LogP contribution in [0.2, 0.25) is 5.02 Å². The molecule has 1 saturated heterocycles. The van der Waals surface area contributed by atoms with Gasteiger partial charge in [0.25, 0.3) is 10.0 Å². The summed E-state index contributed by atoms with van der Waals surface area (Å²) in [6.07, 6.45) is 0. The van der Waals surface area contributed by atoms with Crippen molar-refractivity contribution in [3.8, 4) is 0 Å². The predicted molar refractivity (Wildman–Crippen MR) is 122 cm³/mol. The average molecular weight is 460 g/mol. The molecule has 1 fully saturated rings. The summed E-state index contributed by atoms with van der Waals surface area (Å²) in [5.74, 6) is 1.33. The summed E-state index contributed by atoms with van der Waals surface area (Å²) >= 11 is 6.02. The van der Waals surface area contributed by atoms with Crippen molar-refractivity contribution in [2.24, 2.45) is 0 Å². The van der Waals surface area contributed by atoms with E-state index in [1.165, 1.54) is 12.1 Å². The Labute approximate surface area is 186 Å². The molecule has 0 saturated carbocycles. The Morgan fingerprint density at radius 3 is 2.39 bits per heavy atom. The van der Waals surface area contributed by atoms with E-state index >= 15 is 0 Å². The Morgan fingerprint density at radius 2 is 1.68 bits per heavy atom. The van der Waals surface area contributed by atoms with Crippen LogP contribution in [-0.2, 0) is 14.8 Å². The molecule has 0 bridgehead atoms. The first-order chi connectivity index (χ1) is 14.9. The second-order valence-corrected chi connectivity index (χ2v) is 9.09. The highest BCUT2D eigenvalue weighted by molar-refractivity contribution is 7.92. The first kappa shape index (κ1) is 21.4. The van der Waals surface area contributed by atoms with E-state index in [-0.39, 0.29) is 9.92 Å². The highest BCUT2D eigenvalue weighted by Crippen LogP contribution is 2.25. The minimum Gasteiger partial charge on any atom is -0.378 e. The lowest BCUT2D eigenvalue weighted by Crippen LogP contribution is -2.36. The van der Waals surface area contributed by atoms with E-state index < -0.39 is 10.0 Å². The lowest BCUT2D eigenvalue weighted by Gasteiger charge is -2.28. The smallest absolute Gasteiger partial charge is 0.263 e. The molecule has 162 valence electrons. The number of aromatic nitrogens is 2. The largest absolute Gasteiger partial charge is 0.378 e. The lowest BCUT2D eigenvalue weighted by atomic mass is 10.3. The highest BCUT2D eigenvalue weighted by Gasteiger charge is 2.18. The molecular weight excluding hydrogens is 438 g/mol. The van der Waals surface area contributed by atoms with Crippen molar-refractivity contribution >= 4 is 44.8 Å². The van der Waals surface area contributed by atoms with Crippen molar-refractivity contribution in [3.05, 3.63) is 65.3 Å². The van der Waals surface area contributed by atoms with Crippen LogP contribution in [0.15, 0.2) is 59.5 Å². The van der Waals surface area contributed by atoms with Crippen molar-refractivity contribution in [2.45, 2.75) is 11.8 Å². The number of nitrogens with zero attached hydrogens (tertiary/aromatic N) is 3. The number of anilines is 4. The summed E-state index contributed by atoms with van der Waals surface area (Å²) in [4.78, 5) is 11.2. The van der Waals surface area contributed by atoms with Gasteiger partial charge in [-0.15, -0.1) is 0 Å². The van der Waals surface area contributed by atoms with E-state index in [9.17, 15) is 8.42 Å². The van der Waals surface area contributed by atoms with Gasteiger partial charge >= 0.3 is 0 Å². The molecule has 31 heavy (non-hydrogen) atoms. The molecule has 2 N–H and O–H groups in total. The van der Waals surface area contributed by atoms with Crippen LogP contribution in [0.5, 0.6) is 0 Å². The van der Waals surface area contributed by atoms with Crippen LogP contribution < -0.4 is 14.9 Å². The number of ether oxygens (including phenoxy) is 1. The summed E-state index contributed by atoms with van der Waals surface area (Å²) in [6.45, 7) is 4.85. The normalized spacial score (nSPS) is 14.3. The quantitative estimate of drug-likeness (QED) is 0.578. The Bertz CT molecular complexity index is 1170. The summed E-state index contributed by atoms with van der Waals surface area (Å²) in [5.41, 5.74) is 2.01. The van der Waals surface area contributed by atoms with Gasteiger partial charge in [0.05, 0.1) is 18.2 Å². The van der Waals surface area contributed by atoms with Gasteiger partial charge in [-0.05, 0) is 43.3 Å². The number of sulfonamides is 1. The standard InChI is InChI=1S/C21H22ClN5O3S/c1-15-14-20(27-10-12-30-13-11-27)25-21(23-15)24-16-6-8-17(9-7-16)26-31(28,29)19-5-3-2-4-18(19)22/h2-9,14,26H,10-13H2,1H3,(H,23,24,25). The molecule has 10 heteroatoms. The zero-order valence-corrected chi connectivity index (χ0v) is 18.4. The maximum Gasteiger partial charge on any atom is 0.263 e. The van der Waals surface area contributed by atoms with E-state index in [1.54, 1.807) is 36.4 Å². The predicted octanol–water partition coefficient (Wildman–Crippen LogP) is 3.82. The van der Waals surface area contributed by atoms with Crippen molar-refractivity contribution in [3.63, 3.8) is 0 Å². The molecule has 2 aromatic carbocycles. The fourth-order valence-corrected chi connectivity index (χ4v) is 4.77. The van der Waals surface area contributed by atoms with Crippen molar-refractivity contribution < 1.29 is 13.2 Å². The third-order valence-corrected chi connectivity index (χ3v) is 6.58. The number of rotatable bonds is 6. The molecule has 3 aromatic rings. The van der Waals surface area contributed by atoms with Crippen molar-refractivity contribution in [1.29, 1.82) is 0 Å². The Morgan fingerprint density at radius 1 is 1.00 bits per heavy atom. The minimum atomic E-state index is -3.78. The molecular formula is C21H22ClN5O3S. The summed E-state index contributed by atoms with van der Waals surface area (Å²) in [6, 6.07) is 15.1. The van der Waals surface area contributed by atoms with E-state index in [0.717, 1.165) is 30.3 Å². The molecule has 0 unspecified atom stereocenters. The van der Waals surface area contributed by atoms with Gasteiger partial charge in [-0.25, -0.2) is 13.4 Å². The summed E-state index contributed by atoms with van der Waals surface area (Å²) in [5, 5.41) is 3.34. The zero-order valence-electron chi connectivity index (χ0n) is 16.9. The van der Waals surface area contributed by atoms with E-state index in [2.05, 4.69) is 24.9 Å². The number of nitrogens with one attached hydrogen (secondary N) is 2. The molecule has 8 nitrogen and oxygen atoms in total. The fourth-order valence-electron chi connectivity index (χ4n) is 3.19. The molecule has 1 aliphatic heterocycles. The summed E-state index contributed by atoms with van der Waals surface area (Å²) < 4.78 is 33.1. The third-order valence-electron chi connectivity index (χ3n) is 4.70. The molecule has 1 aromatic heterocycles. The minimum absolute atomic E-state index is 0.0303. The molecule has 0 radical (unpaired) electrons. The van der Waals surface area contributed by atoms with Gasteiger partial charge in [0.2, 0.25) is 5.95 Å². The van der Waals surface area contributed by atoms with Gasteiger partial charge in [-0.1, -0.05) is 23.7 Å². The Hall–Kier alpha value is -2.88. The van der Waals surface area contributed by atoms with Crippen LogP contribution in [0.3, 0.4) is 0 Å². The van der Waals surface area contributed by atoms with Crippen LogP contribution in [0.1, 0.15) is 5.69 Å². The van der Waals surface area contributed by atoms with Crippen LogP contribution in [-0.4, -0.2) is 44.7 Å². The Kier molecular flexibility index (Phi) is 6.26. The van der Waals surface area contributed by atoms with Gasteiger partial charge in [-0.3, -0.25) is 4.72 Å². The second-order valence-electron chi connectivity index (χ2n) is 7.03. The first-order valence-electron chi connectivity index (χ1n) is 9.73. The molecule has 4 rings (SSSR count). The van der Waals surface area contributed by atoms with Crippen LogP contribution in [0, 0.1) is 6.92 Å². The van der Waals surface area contributed by atoms with Crippen LogP contribution in [0.25, 0.3) is 0 Å². The van der Waals surface area contributed by atoms with Gasteiger partial charge in [0.15, 0.2) is 0 Å². The van der Waals surface area contributed by atoms with Gasteiger partial charge < -0.3 is 15.0 Å². The number of hydrogen-bond donors (Lipinski definition) is 2. The molecule has 0 amide bonds. The molecule has 0 spiro atoms. The van der Waals surface area contributed by atoms with Gasteiger partial charge in [-0.2, -0.15) is 4.98 Å². The highest BCUT2D eigenvalue weighted by atomic mass is 35.5. The molecule has 1 aliphatic rings. The fraction of sp³-hybridized carbons (Fsp3) is 0.238. The van der Waals surface area contributed by atoms with Crippen molar-refractivity contribution in [1.82, 2.24) is 9.97 Å². The lowest BCUT2D eigenvalue weighted by molar-refractivity contribution is 0.122. The molecule has 0 atom stereocenters. The van der Waals surface area contributed by atoms with Crippen molar-refractivity contribution in [2.75, 3.05) is 41.2 Å². The topological polar surface area (TPSA) is 96.5 Å². The maximum absolute atomic E-state index is 12.6. The zero-order chi connectivity index (χ0) is 21.8. The third kappa shape index (κ3) is 5.25. The number of aryl methyl sites for hydroxylation is 1. The second kappa shape index (κ2) is 9.09. The molecule has 0 aliphatic carbocycles. The number of benzene rings is 2. The number of morpholine rings is 1. The van der Waals surface area contributed by atoms with Gasteiger partial charge in [0, 0.05) is 36.2 Å².